The minimum Gasteiger partial charge on any atom is -0.480 e. The Morgan fingerprint density at radius 1 is 0.967 bits per heavy atom. The quantitative estimate of drug-likeness (QED) is 0.220. The number of benzene rings is 2. The van der Waals surface area contributed by atoms with Crippen LogP contribution in [0, 0.1) is 0 Å². The number of carbonyl (C=O) groups excluding carboxylic acids is 2. The lowest BCUT2D eigenvalue weighted by Crippen LogP contribution is -2.16. The first-order valence-electron chi connectivity index (χ1n) is 9.53. The molecule has 0 radical (unpaired) electrons. The highest BCUT2D eigenvalue weighted by Crippen LogP contribution is 2.31. The van der Waals surface area contributed by atoms with E-state index < -0.39 is 11.9 Å². The van der Waals surface area contributed by atoms with Crippen molar-refractivity contribution in [3.8, 4) is 5.75 Å². The molecule has 3 aromatic rings. The summed E-state index contributed by atoms with van der Waals surface area (Å²) in [5.74, 6) is -0.450. The predicted octanol–water partition coefficient (Wildman–Crippen LogP) is 4.24. The molecule has 0 fully saturated rings. The number of hydrogen-bond acceptors (Lipinski definition) is 7. The van der Waals surface area contributed by atoms with Crippen LogP contribution in [0.5, 0.6) is 5.75 Å². The molecule has 3 rings (SSSR count). The van der Waals surface area contributed by atoms with Gasteiger partial charge in [-0.25, -0.2) is 9.59 Å². The third-order valence-corrected chi connectivity index (χ3v) is 5.50. The van der Waals surface area contributed by atoms with Crippen LogP contribution in [0.3, 0.4) is 0 Å². The van der Waals surface area contributed by atoms with Crippen LogP contribution < -0.4 is 10.2 Å². The maximum atomic E-state index is 12.7. The van der Waals surface area contributed by atoms with E-state index in [1.165, 1.54) is 11.3 Å². The average molecular weight is 426 g/mol. The Morgan fingerprint density at radius 3 is 2.43 bits per heavy atom. The smallest absolute Gasteiger partial charge is 0.344 e. The zero-order chi connectivity index (χ0) is 21.5. The van der Waals surface area contributed by atoms with Crippen molar-refractivity contribution in [2.75, 3.05) is 19.8 Å². The average Bonchev–Trinajstić information content (AvgIpc) is 2.74. The molecular formula is C23H22O6S. The zero-order valence-corrected chi connectivity index (χ0v) is 17.5. The summed E-state index contributed by atoms with van der Waals surface area (Å²) in [7, 11) is 0. The topological polar surface area (TPSA) is 78.9 Å². The van der Waals surface area contributed by atoms with E-state index >= 15 is 0 Å². The Morgan fingerprint density at radius 2 is 1.67 bits per heavy atom. The molecule has 0 saturated heterocycles. The van der Waals surface area contributed by atoms with Crippen LogP contribution in [0.4, 0.5) is 0 Å². The Labute approximate surface area is 177 Å². The summed E-state index contributed by atoms with van der Waals surface area (Å²) in [5.41, 5.74) is 0.296. The van der Waals surface area contributed by atoms with Gasteiger partial charge in [0.1, 0.15) is 5.75 Å². The van der Waals surface area contributed by atoms with E-state index in [1.54, 1.807) is 31.2 Å². The van der Waals surface area contributed by atoms with Crippen LogP contribution in [-0.2, 0) is 19.1 Å². The minimum absolute atomic E-state index is 0.0558. The van der Waals surface area contributed by atoms with Gasteiger partial charge in [0.05, 0.1) is 17.9 Å². The van der Waals surface area contributed by atoms with Crippen molar-refractivity contribution in [3.63, 3.8) is 0 Å². The van der Waals surface area contributed by atoms with E-state index in [4.69, 9.17) is 14.2 Å². The van der Waals surface area contributed by atoms with Gasteiger partial charge in [-0.1, -0.05) is 24.8 Å². The summed E-state index contributed by atoms with van der Waals surface area (Å²) in [6.07, 6.45) is 1.15. The number of carbonyl (C=O) groups is 2. The lowest BCUT2D eigenvalue weighted by Gasteiger charge is -2.10. The maximum Gasteiger partial charge on any atom is 0.344 e. The van der Waals surface area contributed by atoms with Crippen molar-refractivity contribution in [2.45, 2.75) is 19.8 Å². The van der Waals surface area contributed by atoms with Gasteiger partial charge in [0.2, 0.25) is 0 Å². The molecule has 0 aliphatic heterocycles. The Bertz CT molecular complexity index is 1150. The highest BCUT2D eigenvalue weighted by atomic mass is 32.1. The SMILES string of the molecule is C=C(C)C(=O)OCCCCOC(=O)COc1cccc2c(=O)c3ccccc3sc12. The van der Waals surface area contributed by atoms with Gasteiger partial charge in [0, 0.05) is 21.0 Å². The summed E-state index contributed by atoms with van der Waals surface area (Å²) in [5, 5.41) is 1.23. The number of esters is 2. The first kappa shape index (κ1) is 21.5. The van der Waals surface area contributed by atoms with Crippen LogP contribution in [-0.4, -0.2) is 31.8 Å². The molecule has 0 N–H and O–H groups in total. The summed E-state index contributed by atoms with van der Waals surface area (Å²) in [6, 6.07) is 12.6. The van der Waals surface area contributed by atoms with Crippen LogP contribution in [0.2, 0.25) is 0 Å². The molecule has 0 saturated carbocycles. The summed E-state index contributed by atoms with van der Waals surface area (Å²) < 4.78 is 17.3. The second-order valence-corrected chi connectivity index (χ2v) is 7.74. The third kappa shape index (κ3) is 5.24. The van der Waals surface area contributed by atoms with E-state index in [1.807, 2.05) is 18.2 Å². The number of hydrogen-bond donors (Lipinski definition) is 0. The van der Waals surface area contributed by atoms with Crippen molar-refractivity contribution >= 4 is 43.4 Å². The largest absolute Gasteiger partial charge is 0.480 e. The number of ether oxygens (including phenoxy) is 3. The number of rotatable bonds is 9. The summed E-state index contributed by atoms with van der Waals surface area (Å²) in [6.45, 7) is 5.30. The van der Waals surface area contributed by atoms with E-state index in [0.29, 0.717) is 39.6 Å². The molecule has 0 amide bonds. The second kappa shape index (κ2) is 10.0. The molecule has 0 atom stereocenters. The van der Waals surface area contributed by atoms with Crippen molar-refractivity contribution in [3.05, 3.63) is 64.8 Å². The van der Waals surface area contributed by atoms with Crippen molar-refractivity contribution in [1.82, 2.24) is 0 Å². The van der Waals surface area contributed by atoms with E-state index in [-0.39, 0.29) is 25.2 Å². The molecule has 0 unspecified atom stereocenters. The Hall–Kier alpha value is -3.19. The maximum absolute atomic E-state index is 12.7. The zero-order valence-electron chi connectivity index (χ0n) is 16.6. The molecule has 0 aliphatic carbocycles. The van der Waals surface area contributed by atoms with Gasteiger partial charge in [-0.3, -0.25) is 4.79 Å². The van der Waals surface area contributed by atoms with Crippen molar-refractivity contribution < 1.29 is 23.8 Å². The fourth-order valence-corrected chi connectivity index (χ4v) is 3.90. The molecule has 0 spiro atoms. The molecule has 0 aliphatic rings. The molecule has 2 aromatic carbocycles. The Kier molecular flexibility index (Phi) is 7.19. The number of fused-ring (bicyclic) bond motifs is 2. The van der Waals surface area contributed by atoms with Gasteiger partial charge in [0.25, 0.3) is 0 Å². The monoisotopic (exact) mass is 426 g/mol. The van der Waals surface area contributed by atoms with Gasteiger partial charge >= 0.3 is 11.9 Å². The van der Waals surface area contributed by atoms with Gasteiger partial charge in [-0.15, -0.1) is 11.3 Å². The molecule has 7 heteroatoms. The second-order valence-electron chi connectivity index (χ2n) is 6.69. The van der Waals surface area contributed by atoms with Gasteiger partial charge in [0.15, 0.2) is 12.0 Å². The molecular weight excluding hydrogens is 404 g/mol. The predicted molar refractivity (Wildman–Crippen MR) is 117 cm³/mol. The summed E-state index contributed by atoms with van der Waals surface area (Å²) in [4.78, 5) is 35.9. The number of unbranched alkanes of at least 4 members (excludes halogenated alkanes) is 1. The molecule has 156 valence electrons. The normalized spacial score (nSPS) is 10.7. The molecule has 1 heterocycles. The fourth-order valence-electron chi connectivity index (χ4n) is 2.77. The van der Waals surface area contributed by atoms with E-state index in [2.05, 4.69) is 6.58 Å². The molecule has 1 aromatic heterocycles. The van der Waals surface area contributed by atoms with Gasteiger partial charge < -0.3 is 14.2 Å². The van der Waals surface area contributed by atoms with Gasteiger partial charge in [-0.05, 0) is 44.0 Å². The van der Waals surface area contributed by atoms with Crippen LogP contribution in [0.15, 0.2) is 59.4 Å². The Balaban J connectivity index is 1.53. The van der Waals surface area contributed by atoms with Crippen LogP contribution in [0.25, 0.3) is 20.2 Å². The lowest BCUT2D eigenvalue weighted by atomic mass is 10.2. The van der Waals surface area contributed by atoms with Gasteiger partial charge in [-0.2, -0.15) is 0 Å². The van der Waals surface area contributed by atoms with Crippen LogP contribution >= 0.6 is 11.3 Å². The van der Waals surface area contributed by atoms with Crippen molar-refractivity contribution in [1.29, 1.82) is 0 Å². The highest BCUT2D eigenvalue weighted by Gasteiger charge is 2.12. The first-order chi connectivity index (χ1) is 14.5. The third-order valence-electron chi connectivity index (χ3n) is 4.30. The van der Waals surface area contributed by atoms with Crippen molar-refractivity contribution in [2.24, 2.45) is 0 Å². The summed E-state index contributed by atoms with van der Waals surface area (Å²) >= 11 is 1.45. The fraction of sp³-hybridized carbons (Fsp3) is 0.261. The highest BCUT2D eigenvalue weighted by molar-refractivity contribution is 7.24. The molecule has 0 bridgehead atoms. The molecule has 30 heavy (non-hydrogen) atoms. The van der Waals surface area contributed by atoms with E-state index in [9.17, 15) is 14.4 Å². The molecule has 6 nitrogen and oxygen atoms in total. The van der Waals surface area contributed by atoms with Crippen LogP contribution in [0.1, 0.15) is 19.8 Å². The lowest BCUT2D eigenvalue weighted by molar-refractivity contribution is -0.146. The van der Waals surface area contributed by atoms with E-state index in [0.717, 1.165) is 4.70 Å². The standard InChI is InChI=1S/C23H22O6S/c1-15(2)23(26)28-13-6-5-12-27-20(24)14-29-18-10-7-9-17-21(25)16-8-3-4-11-19(16)30-22(17)18/h3-4,7-11H,1,5-6,12-14H2,2H3. The minimum atomic E-state index is -0.501. The first-order valence-corrected chi connectivity index (χ1v) is 10.3.